The van der Waals surface area contributed by atoms with Crippen LogP contribution in [0.1, 0.15) is 0 Å². The Hall–Kier alpha value is -2.40. The number of pyridine rings is 1. The van der Waals surface area contributed by atoms with Crippen molar-refractivity contribution < 1.29 is 4.79 Å². The monoisotopic (exact) mass is 284 g/mol. The van der Waals surface area contributed by atoms with Gasteiger partial charge in [-0.1, -0.05) is 18.2 Å². The summed E-state index contributed by atoms with van der Waals surface area (Å²) in [4.78, 5) is 23.7. The number of carbonyl (C=O) groups excluding carboxylic acids is 1. The molecule has 0 bridgehead atoms. The SMILES string of the molecule is O=C(Cn1ccc(=O)c2sccc21)Nc1ccccc1. The van der Waals surface area contributed by atoms with E-state index in [1.54, 1.807) is 10.8 Å². The topological polar surface area (TPSA) is 51.1 Å². The number of aromatic nitrogens is 1. The molecule has 3 rings (SSSR count). The molecule has 0 saturated carbocycles. The van der Waals surface area contributed by atoms with Crippen molar-refractivity contribution in [2.75, 3.05) is 5.32 Å². The lowest BCUT2D eigenvalue weighted by Gasteiger charge is -2.09. The Labute approximate surface area is 119 Å². The van der Waals surface area contributed by atoms with Crippen molar-refractivity contribution in [1.29, 1.82) is 0 Å². The van der Waals surface area contributed by atoms with Gasteiger partial charge < -0.3 is 9.88 Å². The van der Waals surface area contributed by atoms with E-state index in [0.717, 1.165) is 11.2 Å². The van der Waals surface area contributed by atoms with Gasteiger partial charge in [-0.3, -0.25) is 9.59 Å². The first-order chi connectivity index (χ1) is 9.74. The molecule has 2 heterocycles. The first-order valence-corrected chi connectivity index (χ1v) is 7.03. The standard InChI is InChI=1S/C15H12N2O2S/c18-13-6-8-17(12-7-9-20-15(12)13)10-14(19)16-11-4-2-1-3-5-11/h1-9H,10H2,(H,16,19). The maximum atomic E-state index is 12.0. The van der Waals surface area contributed by atoms with Crippen LogP contribution in [0.15, 0.2) is 58.8 Å². The van der Waals surface area contributed by atoms with E-state index in [0.29, 0.717) is 4.70 Å². The first-order valence-electron chi connectivity index (χ1n) is 6.15. The van der Waals surface area contributed by atoms with Crippen molar-refractivity contribution in [1.82, 2.24) is 4.57 Å². The molecule has 1 aromatic carbocycles. The third-order valence-corrected chi connectivity index (χ3v) is 3.87. The van der Waals surface area contributed by atoms with E-state index in [9.17, 15) is 9.59 Å². The number of fused-ring (bicyclic) bond motifs is 1. The summed E-state index contributed by atoms with van der Waals surface area (Å²) in [5.41, 5.74) is 1.56. The van der Waals surface area contributed by atoms with E-state index >= 15 is 0 Å². The zero-order valence-corrected chi connectivity index (χ0v) is 11.4. The largest absolute Gasteiger partial charge is 0.337 e. The number of para-hydroxylation sites is 1. The highest BCUT2D eigenvalue weighted by atomic mass is 32.1. The van der Waals surface area contributed by atoms with Crippen LogP contribution in [-0.2, 0) is 11.3 Å². The molecule has 4 nitrogen and oxygen atoms in total. The molecule has 1 N–H and O–H groups in total. The minimum atomic E-state index is -0.118. The van der Waals surface area contributed by atoms with Gasteiger partial charge in [-0.05, 0) is 23.6 Å². The van der Waals surface area contributed by atoms with Gasteiger partial charge in [0.2, 0.25) is 5.91 Å². The number of amides is 1. The van der Waals surface area contributed by atoms with Crippen molar-refractivity contribution in [3.05, 3.63) is 64.3 Å². The molecule has 0 spiro atoms. The number of nitrogens with one attached hydrogen (secondary N) is 1. The first kappa shape index (κ1) is 12.6. The smallest absolute Gasteiger partial charge is 0.244 e. The van der Waals surface area contributed by atoms with Crippen molar-refractivity contribution in [2.24, 2.45) is 0 Å². The van der Waals surface area contributed by atoms with Crippen LogP contribution in [0, 0.1) is 0 Å². The Morgan fingerprint density at radius 1 is 1.15 bits per heavy atom. The molecule has 1 amide bonds. The van der Waals surface area contributed by atoms with Crippen LogP contribution in [0.5, 0.6) is 0 Å². The van der Waals surface area contributed by atoms with Crippen LogP contribution in [0.4, 0.5) is 5.69 Å². The summed E-state index contributed by atoms with van der Waals surface area (Å²) < 4.78 is 2.46. The van der Waals surface area contributed by atoms with Gasteiger partial charge in [0.25, 0.3) is 0 Å². The number of thiophene rings is 1. The Morgan fingerprint density at radius 2 is 1.95 bits per heavy atom. The summed E-state index contributed by atoms with van der Waals surface area (Å²) in [5.74, 6) is -0.118. The van der Waals surface area contributed by atoms with E-state index in [1.807, 2.05) is 41.8 Å². The van der Waals surface area contributed by atoms with Crippen molar-refractivity contribution >= 4 is 33.1 Å². The molecule has 0 radical (unpaired) electrons. The van der Waals surface area contributed by atoms with Crippen LogP contribution < -0.4 is 10.7 Å². The molecule has 0 atom stereocenters. The summed E-state index contributed by atoms with van der Waals surface area (Å²) in [6.45, 7) is 0.183. The molecule has 0 aliphatic heterocycles. The second-order valence-electron chi connectivity index (χ2n) is 4.36. The Kier molecular flexibility index (Phi) is 3.35. The van der Waals surface area contributed by atoms with Crippen LogP contribution >= 0.6 is 11.3 Å². The zero-order valence-electron chi connectivity index (χ0n) is 10.6. The molecular formula is C15H12N2O2S. The van der Waals surface area contributed by atoms with Crippen LogP contribution in [0.25, 0.3) is 10.2 Å². The van der Waals surface area contributed by atoms with Gasteiger partial charge in [0.15, 0.2) is 5.43 Å². The number of anilines is 1. The third-order valence-electron chi connectivity index (χ3n) is 2.96. The highest BCUT2D eigenvalue weighted by Gasteiger charge is 2.08. The lowest BCUT2D eigenvalue weighted by molar-refractivity contribution is -0.116. The molecule has 5 heteroatoms. The molecule has 0 aliphatic carbocycles. The second kappa shape index (κ2) is 5.30. The van der Waals surface area contributed by atoms with Crippen molar-refractivity contribution in [2.45, 2.75) is 6.54 Å². The third kappa shape index (κ3) is 2.48. The number of carbonyl (C=O) groups is 1. The normalized spacial score (nSPS) is 10.6. The highest BCUT2D eigenvalue weighted by Crippen LogP contribution is 2.16. The molecule has 0 unspecified atom stereocenters. The number of hydrogen-bond donors (Lipinski definition) is 1. The fraction of sp³-hybridized carbons (Fsp3) is 0.0667. The maximum Gasteiger partial charge on any atom is 0.244 e. The maximum absolute atomic E-state index is 12.0. The van der Waals surface area contributed by atoms with Crippen LogP contribution in [0.2, 0.25) is 0 Å². The molecule has 20 heavy (non-hydrogen) atoms. The van der Waals surface area contributed by atoms with Gasteiger partial charge in [-0.25, -0.2) is 0 Å². The predicted molar refractivity (Wildman–Crippen MR) is 81.2 cm³/mol. The Morgan fingerprint density at radius 3 is 2.75 bits per heavy atom. The molecule has 0 fully saturated rings. The summed E-state index contributed by atoms with van der Waals surface area (Å²) in [6.07, 6.45) is 1.65. The zero-order chi connectivity index (χ0) is 13.9. The number of rotatable bonds is 3. The summed E-state index contributed by atoms with van der Waals surface area (Å²) in [5, 5.41) is 4.69. The van der Waals surface area contributed by atoms with E-state index in [-0.39, 0.29) is 17.9 Å². The van der Waals surface area contributed by atoms with Gasteiger partial charge in [0, 0.05) is 18.0 Å². The van der Waals surface area contributed by atoms with E-state index < -0.39 is 0 Å². The average molecular weight is 284 g/mol. The summed E-state index contributed by atoms with van der Waals surface area (Å²) >= 11 is 1.39. The molecule has 0 aliphatic rings. The molecule has 0 saturated heterocycles. The van der Waals surface area contributed by atoms with E-state index in [2.05, 4.69) is 5.32 Å². The predicted octanol–water partition coefficient (Wildman–Crippen LogP) is 2.70. The molecule has 100 valence electrons. The Balaban J connectivity index is 1.83. The minimum absolute atomic E-state index is 0.00489. The van der Waals surface area contributed by atoms with Crippen LogP contribution in [0.3, 0.4) is 0 Å². The quantitative estimate of drug-likeness (QED) is 0.804. The van der Waals surface area contributed by atoms with Crippen molar-refractivity contribution in [3.8, 4) is 0 Å². The lowest BCUT2D eigenvalue weighted by Crippen LogP contribution is -2.19. The number of benzene rings is 1. The molecular weight excluding hydrogens is 272 g/mol. The summed E-state index contributed by atoms with van der Waals surface area (Å²) in [7, 11) is 0. The van der Waals surface area contributed by atoms with Crippen LogP contribution in [-0.4, -0.2) is 10.5 Å². The summed E-state index contributed by atoms with van der Waals surface area (Å²) in [6, 6.07) is 12.7. The fourth-order valence-electron chi connectivity index (χ4n) is 2.04. The Bertz CT molecular complexity index is 805. The van der Waals surface area contributed by atoms with E-state index in [1.165, 1.54) is 17.4 Å². The fourth-order valence-corrected chi connectivity index (χ4v) is 2.86. The minimum Gasteiger partial charge on any atom is -0.337 e. The van der Waals surface area contributed by atoms with Gasteiger partial charge in [0.1, 0.15) is 6.54 Å². The van der Waals surface area contributed by atoms with Gasteiger partial charge in [-0.15, -0.1) is 11.3 Å². The second-order valence-corrected chi connectivity index (χ2v) is 5.27. The number of hydrogen-bond acceptors (Lipinski definition) is 3. The number of nitrogens with zero attached hydrogens (tertiary/aromatic N) is 1. The van der Waals surface area contributed by atoms with Gasteiger partial charge in [0.05, 0.1) is 10.2 Å². The van der Waals surface area contributed by atoms with Gasteiger partial charge in [-0.2, -0.15) is 0 Å². The van der Waals surface area contributed by atoms with E-state index in [4.69, 9.17) is 0 Å². The average Bonchev–Trinajstić information content (AvgIpc) is 2.93. The highest BCUT2D eigenvalue weighted by molar-refractivity contribution is 7.17. The van der Waals surface area contributed by atoms with Crippen molar-refractivity contribution in [3.63, 3.8) is 0 Å². The lowest BCUT2D eigenvalue weighted by atomic mass is 10.3. The molecule has 3 aromatic rings. The van der Waals surface area contributed by atoms with Gasteiger partial charge >= 0.3 is 0 Å². The molecule has 2 aromatic heterocycles.